The number of alkyl carbamates (subject to hydrolysis) is 1. The molecule has 0 unspecified atom stereocenters. The van der Waals surface area contributed by atoms with E-state index < -0.39 is 12.2 Å². The Morgan fingerprint density at radius 2 is 1.40 bits per heavy atom. The molecule has 0 spiro atoms. The summed E-state index contributed by atoms with van der Waals surface area (Å²) in [4.78, 5) is 24.2. The van der Waals surface area contributed by atoms with Crippen molar-refractivity contribution in [2.24, 2.45) is 5.92 Å². The minimum absolute atomic E-state index is 0.186. The topological polar surface area (TPSA) is 127 Å². The molecule has 0 saturated heterocycles. The standard InChI is InChI=1S/C30H32N6O4/c37-29(39-19-21-8-3-1-4-9-21)31-27-16-14-25(33-35-27)23-12-7-13-24(18-23)26-15-17-28(36-34-26)32-30(38)40-20-22-10-5-2-6-11-22/h1-6,8-11,14-17,23-24,33,35H,7,12-13,18-20H2,(H,31,37)(H,32,36,38)/t23-,24+/m1/s1. The van der Waals surface area contributed by atoms with Crippen LogP contribution in [0.3, 0.4) is 0 Å². The first-order valence-corrected chi connectivity index (χ1v) is 13.4. The van der Waals surface area contributed by atoms with Crippen LogP contribution in [0.15, 0.2) is 96.5 Å². The van der Waals surface area contributed by atoms with E-state index in [4.69, 9.17) is 9.47 Å². The number of rotatable bonds is 8. The summed E-state index contributed by atoms with van der Waals surface area (Å²) in [7, 11) is 0. The van der Waals surface area contributed by atoms with Gasteiger partial charge < -0.3 is 14.9 Å². The van der Waals surface area contributed by atoms with Crippen LogP contribution < -0.4 is 21.5 Å². The maximum atomic E-state index is 12.1. The lowest BCUT2D eigenvalue weighted by molar-refractivity contribution is 0.141. The maximum absolute atomic E-state index is 12.1. The number of hydrogen-bond donors (Lipinski definition) is 4. The Balaban J connectivity index is 1.09. The molecular weight excluding hydrogens is 508 g/mol. The van der Waals surface area contributed by atoms with E-state index >= 15 is 0 Å². The van der Waals surface area contributed by atoms with Crippen LogP contribution >= 0.6 is 0 Å². The quantitative estimate of drug-likeness (QED) is 0.305. The van der Waals surface area contributed by atoms with Crippen LogP contribution in [0.25, 0.3) is 0 Å². The van der Waals surface area contributed by atoms with Gasteiger partial charge >= 0.3 is 12.2 Å². The number of hydrogen-bond acceptors (Lipinski definition) is 8. The predicted molar refractivity (Wildman–Crippen MR) is 149 cm³/mol. The molecule has 5 rings (SSSR count). The molecule has 1 aliphatic carbocycles. The van der Waals surface area contributed by atoms with Gasteiger partial charge in [-0.3, -0.25) is 16.1 Å². The Kier molecular flexibility index (Phi) is 8.87. The number of benzene rings is 2. The van der Waals surface area contributed by atoms with Crippen molar-refractivity contribution in [2.45, 2.75) is 44.8 Å². The summed E-state index contributed by atoms with van der Waals surface area (Å²) >= 11 is 0. The Morgan fingerprint density at radius 3 is 2.00 bits per heavy atom. The lowest BCUT2D eigenvalue weighted by Crippen LogP contribution is -2.43. The molecule has 0 bridgehead atoms. The molecule has 1 saturated carbocycles. The number of nitrogens with zero attached hydrogens (tertiary/aromatic N) is 2. The van der Waals surface area contributed by atoms with Crippen molar-refractivity contribution < 1.29 is 19.1 Å². The lowest BCUT2D eigenvalue weighted by atomic mass is 9.78. The molecule has 0 radical (unpaired) electrons. The Morgan fingerprint density at radius 1 is 0.750 bits per heavy atom. The van der Waals surface area contributed by atoms with Gasteiger partial charge in [0.15, 0.2) is 5.82 Å². The third-order valence-corrected chi connectivity index (χ3v) is 6.88. The molecule has 2 amide bonds. The molecule has 4 N–H and O–H groups in total. The summed E-state index contributed by atoms with van der Waals surface area (Å²) in [5, 5.41) is 13.9. The van der Waals surface area contributed by atoms with Crippen molar-refractivity contribution in [1.82, 2.24) is 26.4 Å². The van der Waals surface area contributed by atoms with E-state index in [1.807, 2.05) is 78.9 Å². The molecular formula is C30H32N6O4. The molecule has 3 aromatic rings. The van der Waals surface area contributed by atoms with Crippen molar-refractivity contribution in [1.29, 1.82) is 0 Å². The number of carbonyl (C=O) groups is 2. The van der Waals surface area contributed by atoms with Crippen molar-refractivity contribution in [2.75, 3.05) is 5.32 Å². The minimum atomic E-state index is -0.571. The molecule has 40 heavy (non-hydrogen) atoms. The van der Waals surface area contributed by atoms with Gasteiger partial charge in [-0.15, -0.1) is 5.10 Å². The molecule has 2 heterocycles. The Hall–Kier alpha value is -4.86. The average molecular weight is 541 g/mol. The van der Waals surface area contributed by atoms with Gasteiger partial charge in [0.1, 0.15) is 19.0 Å². The highest BCUT2D eigenvalue weighted by atomic mass is 16.6. The van der Waals surface area contributed by atoms with Gasteiger partial charge in [-0.05, 0) is 54.7 Å². The van der Waals surface area contributed by atoms with E-state index in [1.54, 1.807) is 6.07 Å². The monoisotopic (exact) mass is 540 g/mol. The van der Waals surface area contributed by atoms with Crippen LogP contribution in [0, 0.1) is 5.92 Å². The van der Waals surface area contributed by atoms with E-state index in [2.05, 4.69) is 31.7 Å². The fraction of sp³-hybridized carbons (Fsp3) is 0.267. The van der Waals surface area contributed by atoms with Crippen molar-refractivity contribution >= 4 is 18.0 Å². The summed E-state index contributed by atoms with van der Waals surface area (Å²) in [6, 6.07) is 22.7. The first-order chi connectivity index (χ1) is 19.6. The largest absolute Gasteiger partial charge is 0.444 e. The van der Waals surface area contributed by atoms with E-state index in [0.29, 0.717) is 17.6 Å². The molecule has 2 aromatic carbocycles. The normalized spacial score (nSPS) is 18.2. The number of aromatic nitrogens is 2. The van der Waals surface area contributed by atoms with Crippen LogP contribution in [0.1, 0.15) is 48.4 Å². The van der Waals surface area contributed by atoms with Gasteiger partial charge in [0.05, 0.1) is 5.69 Å². The number of amides is 2. The summed E-state index contributed by atoms with van der Waals surface area (Å²) in [5.41, 5.74) is 10.1. The molecule has 1 fully saturated rings. The number of anilines is 1. The van der Waals surface area contributed by atoms with Gasteiger partial charge in [0.2, 0.25) is 0 Å². The number of nitrogens with one attached hydrogen (secondary N) is 4. The zero-order chi connectivity index (χ0) is 27.6. The molecule has 10 heteroatoms. The summed E-state index contributed by atoms with van der Waals surface area (Å²) < 4.78 is 10.5. The van der Waals surface area contributed by atoms with Gasteiger partial charge in [0, 0.05) is 17.5 Å². The predicted octanol–water partition coefficient (Wildman–Crippen LogP) is 5.26. The molecule has 2 atom stereocenters. The molecule has 2 aliphatic rings. The molecule has 1 aromatic heterocycles. The van der Waals surface area contributed by atoms with Crippen LogP contribution in [0.4, 0.5) is 15.4 Å². The number of hydrazine groups is 1. The highest BCUT2D eigenvalue weighted by Crippen LogP contribution is 2.38. The van der Waals surface area contributed by atoms with E-state index in [9.17, 15) is 9.59 Å². The first-order valence-electron chi connectivity index (χ1n) is 13.4. The van der Waals surface area contributed by atoms with Gasteiger partial charge in [-0.25, -0.2) is 9.59 Å². The molecule has 206 valence electrons. The second-order valence-corrected chi connectivity index (χ2v) is 9.73. The minimum Gasteiger partial charge on any atom is -0.444 e. The maximum Gasteiger partial charge on any atom is 0.413 e. The molecule has 10 nitrogen and oxygen atoms in total. The second kappa shape index (κ2) is 13.3. The third kappa shape index (κ3) is 7.59. The zero-order valence-electron chi connectivity index (χ0n) is 22.0. The van der Waals surface area contributed by atoms with Crippen LogP contribution in [-0.4, -0.2) is 22.4 Å². The number of ether oxygens (including phenoxy) is 2. The second-order valence-electron chi connectivity index (χ2n) is 9.73. The first kappa shape index (κ1) is 26.7. The summed E-state index contributed by atoms with van der Waals surface area (Å²) in [5.74, 6) is 1.43. The van der Waals surface area contributed by atoms with E-state index in [1.165, 1.54) is 0 Å². The average Bonchev–Trinajstić information content (AvgIpc) is 3.01. The van der Waals surface area contributed by atoms with Gasteiger partial charge in [-0.2, -0.15) is 5.10 Å². The zero-order valence-corrected chi connectivity index (χ0v) is 22.0. The lowest BCUT2D eigenvalue weighted by Gasteiger charge is -2.32. The fourth-order valence-electron chi connectivity index (χ4n) is 4.81. The van der Waals surface area contributed by atoms with Crippen molar-refractivity contribution in [3.63, 3.8) is 0 Å². The van der Waals surface area contributed by atoms with E-state index in [0.717, 1.165) is 48.2 Å². The Labute approximate surface area is 232 Å². The summed E-state index contributed by atoms with van der Waals surface area (Å²) in [6.45, 7) is 0.391. The van der Waals surface area contributed by atoms with Crippen molar-refractivity contribution in [3.05, 3.63) is 113 Å². The SMILES string of the molecule is O=C(NC1=CC=C([C@@H]2CCC[C@H](c3ccc(NC(=O)OCc4ccccc4)nn3)C2)NN1)OCc1ccccc1. The van der Waals surface area contributed by atoms with Crippen molar-refractivity contribution in [3.8, 4) is 0 Å². The molecule has 1 aliphatic heterocycles. The fourth-order valence-corrected chi connectivity index (χ4v) is 4.81. The smallest absolute Gasteiger partial charge is 0.413 e. The number of carbonyl (C=O) groups excluding carboxylic acids is 2. The van der Waals surface area contributed by atoms with Crippen LogP contribution in [-0.2, 0) is 22.7 Å². The number of allylic oxidation sites excluding steroid dienone is 3. The highest BCUT2D eigenvalue weighted by molar-refractivity contribution is 5.83. The van der Waals surface area contributed by atoms with Gasteiger partial charge in [-0.1, -0.05) is 67.1 Å². The Bertz CT molecular complexity index is 1350. The van der Waals surface area contributed by atoms with Crippen LogP contribution in [0.2, 0.25) is 0 Å². The third-order valence-electron chi connectivity index (χ3n) is 6.88. The summed E-state index contributed by atoms with van der Waals surface area (Å²) in [6.07, 6.45) is 6.75. The highest BCUT2D eigenvalue weighted by Gasteiger charge is 2.28. The van der Waals surface area contributed by atoms with E-state index in [-0.39, 0.29) is 19.1 Å². The van der Waals surface area contributed by atoms with Gasteiger partial charge in [0.25, 0.3) is 0 Å². The van der Waals surface area contributed by atoms with Crippen LogP contribution in [0.5, 0.6) is 0 Å².